The first-order chi connectivity index (χ1) is 11.8. The number of ether oxygens (including phenoxy) is 5. The van der Waals surface area contributed by atoms with Crippen LogP contribution in [0.4, 0.5) is 0 Å². The molecule has 0 spiro atoms. The van der Waals surface area contributed by atoms with Crippen LogP contribution >= 0.6 is 0 Å². The van der Waals surface area contributed by atoms with Gasteiger partial charge >= 0.3 is 0 Å². The molecular formula is C19H20O5. The third kappa shape index (κ3) is 3.76. The Morgan fingerprint density at radius 3 is 2.42 bits per heavy atom. The number of para-hydroxylation sites is 1. The summed E-state index contributed by atoms with van der Waals surface area (Å²) < 4.78 is 27.0. The molecule has 3 rings (SSSR count). The molecule has 0 fully saturated rings. The Morgan fingerprint density at radius 2 is 1.67 bits per heavy atom. The topological polar surface area (TPSA) is 46.2 Å². The van der Waals surface area contributed by atoms with Gasteiger partial charge in [-0.05, 0) is 29.8 Å². The molecule has 0 N–H and O–H groups in total. The molecule has 1 heterocycles. The summed E-state index contributed by atoms with van der Waals surface area (Å²) in [6.07, 6.45) is 1.55. The second-order valence-corrected chi connectivity index (χ2v) is 5.24. The van der Waals surface area contributed by atoms with E-state index in [0.717, 1.165) is 28.2 Å². The maximum Gasteiger partial charge on any atom is 0.229 e. The molecule has 0 saturated carbocycles. The van der Waals surface area contributed by atoms with Crippen LogP contribution in [0.1, 0.15) is 11.1 Å². The highest BCUT2D eigenvalue weighted by atomic mass is 16.7. The Hall–Kier alpha value is -2.34. The zero-order chi connectivity index (χ0) is 16.8. The van der Waals surface area contributed by atoms with E-state index in [9.17, 15) is 0 Å². The average molecular weight is 328 g/mol. The zero-order valence-electron chi connectivity index (χ0n) is 13.7. The quantitative estimate of drug-likeness (QED) is 0.727. The summed E-state index contributed by atoms with van der Waals surface area (Å²) in [6.45, 7) is 0.372. The second-order valence-electron chi connectivity index (χ2n) is 5.24. The number of rotatable bonds is 7. The second kappa shape index (κ2) is 7.97. The monoisotopic (exact) mass is 328 g/mol. The molecule has 126 valence electrons. The van der Waals surface area contributed by atoms with Crippen molar-refractivity contribution in [3.63, 3.8) is 0 Å². The normalized spacial score (nSPS) is 16.1. The van der Waals surface area contributed by atoms with Gasteiger partial charge in [-0.1, -0.05) is 30.3 Å². The minimum Gasteiger partial charge on any atom is -0.468 e. The average Bonchev–Trinajstić information content (AvgIpc) is 2.64. The van der Waals surface area contributed by atoms with Gasteiger partial charge in [0.25, 0.3) is 0 Å². The first-order valence-corrected chi connectivity index (χ1v) is 7.62. The van der Waals surface area contributed by atoms with Crippen LogP contribution in [0.2, 0.25) is 0 Å². The molecular weight excluding hydrogens is 308 g/mol. The molecule has 0 aliphatic carbocycles. The minimum atomic E-state index is -0.523. The van der Waals surface area contributed by atoms with Crippen molar-refractivity contribution in [3.8, 4) is 11.5 Å². The van der Waals surface area contributed by atoms with Crippen molar-refractivity contribution < 1.29 is 23.7 Å². The summed E-state index contributed by atoms with van der Waals surface area (Å²) in [4.78, 5) is 0. The van der Waals surface area contributed by atoms with E-state index in [0.29, 0.717) is 0 Å². The SMILES string of the molecule is COCOc1ccc(C2=Cc3ccccc3OC2OCOC)cc1. The molecule has 0 bridgehead atoms. The van der Waals surface area contributed by atoms with Crippen molar-refractivity contribution >= 4 is 11.6 Å². The van der Waals surface area contributed by atoms with Crippen LogP contribution in [-0.2, 0) is 14.2 Å². The highest BCUT2D eigenvalue weighted by Gasteiger charge is 2.24. The number of hydrogen-bond acceptors (Lipinski definition) is 5. The number of hydrogen-bond donors (Lipinski definition) is 0. The molecule has 1 aliphatic heterocycles. The smallest absolute Gasteiger partial charge is 0.229 e. The lowest BCUT2D eigenvalue weighted by molar-refractivity contribution is -0.119. The molecule has 2 aromatic carbocycles. The first-order valence-electron chi connectivity index (χ1n) is 7.62. The van der Waals surface area contributed by atoms with Crippen LogP contribution in [-0.4, -0.2) is 34.1 Å². The summed E-state index contributed by atoms with van der Waals surface area (Å²) in [7, 11) is 3.18. The molecule has 1 aliphatic rings. The lowest BCUT2D eigenvalue weighted by atomic mass is 9.99. The maximum atomic E-state index is 5.97. The fourth-order valence-corrected chi connectivity index (χ4v) is 2.47. The zero-order valence-corrected chi connectivity index (χ0v) is 13.7. The third-order valence-electron chi connectivity index (χ3n) is 3.59. The predicted octanol–water partition coefficient (Wildman–Crippen LogP) is 3.55. The fourth-order valence-electron chi connectivity index (χ4n) is 2.47. The summed E-state index contributed by atoms with van der Waals surface area (Å²) >= 11 is 0. The van der Waals surface area contributed by atoms with Gasteiger partial charge in [-0.15, -0.1) is 0 Å². The van der Waals surface area contributed by atoms with E-state index < -0.39 is 6.29 Å². The summed E-state index contributed by atoms with van der Waals surface area (Å²) in [6, 6.07) is 15.6. The Morgan fingerprint density at radius 1 is 0.917 bits per heavy atom. The largest absolute Gasteiger partial charge is 0.468 e. The van der Waals surface area contributed by atoms with Gasteiger partial charge in [-0.3, -0.25) is 0 Å². The minimum absolute atomic E-state index is 0.152. The van der Waals surface area contributed by atoms with E-state index in [2.05, 4.69) is 6.08 Å². The van der Waals surface area contributed by atoms with Crippen LogP contribution in [0.5, 0.6) is 11.5 Å². The summed E-state index contributed by atoms with van der Waals surface area (Å²) in [5.41, 5.74) is 2.95. The van der Waals surface area contributed by atoms with Crippen LogP contribution in [0.15, 0.2) is 48.5 Å². The van der Waals surface area contributed by atoms with Gasteiger partial charge in [0.05, 0.1) is 0 Å². The van der Waals surface area contributed by atoms with Crippen molar-refractivity contribution in [1.82, 2.24) is 0 Å². The number of methoxy groups -OCH3 is 2. The van der Waals surface area contributed by atoms with Gasteiger partial charge in [0.15, 0.2) is 13.6 Å². The Labute approximate surface area is 141 Å². The summed E-state index contributed by atoms with van der Waals surface area (Å²) in [5.74, 6) is 1.54. The molecule has 1 atom stereocenters. The van der Waals surface area contributed by atoms with Crippen molar-refractivity contribution in [3.05, 3.63) is 59.7 Å². The Kier molecular flexibility index (Phi) is 5.48. The van der Waals surface area contributed by atoms with Crippen molar-refractivity contribution in [2.24, 2.45) is 0 Å². The molecule has 2 aromatic rings. The maximum absolute atomic E-state index is 5.97. The molecule has 0 radical (unpaired) electrons. The molecule has 5 heteroatoms. The van der Waals surface area contributed by atoms with Gasteiger partial charge in [-0.2, -0.15) is 0 Å². The van der Waals surface area contributed by atoms with Gasteiger partial charge in [0.2, 0.25) is 6.29 Å². The van der Waals surface area contributed by atoms with Crippen LogP contribution < -0.4 is 9.47 Å². The van der Waals surface area contributed by atoms with Crippen LogP contribution in [0.25, 0.3) is 11.6 Å². The third-order valence-corrected chi connectivity index (χ3v) is 3.59. The van der Waals surface area contributed by atoms with Crippen molar-refractivity contribution in [1.29, 1.82) is 0 Å². The molecule has 1 unspecified atom stereocenters. The lowest BCUT2D eigenvalue weighted by Crippen LogP contribution is -2.26. The lowest BCUT2D eigenvalue weighted by Gasteiger charge is -2.27. The van der Waals surface area contributed by atoms with Crippen molar-refractivity contribution in [2.45, 2.75) is 6.29 Å². The first kappa shape index (κ1) is 16.5. The van der Waals surface area contributed by atoms with E-state index in [-0.39, 0.29) is 13.6 Å². The van der Waals surface area contributed by atoms with E-state index in [4.69, 9.17) is 23.7 Å². The Bertz CT molecular complexity index is 693. The van der Waals surface area contributed by atoms with Gasteiger partial charge in [-0.25, -0.2) is 0 Å². The van der Waals surface area contributed by atoms with E-state index >= 15 is 0 Å². The fraction of sp³-hybridized carbons (Fsp3) is 0.263. The standard InChI is InChI=1S/C19H20O5/c1-20-12-22-16-9-7-14(8-10-16)17-11-15-5-3-4-6-18(15)24-19(17)23-13-21-2/h3-11,19H,12-13H2,1-2H3. The van der Waals surface area contributed by atoms with Crippen LogP contribution in [0, 0.1) is 0 Å². The van der Waals surface area contributed by atoms with Gasteiger partial charge in [0.1, 0.15) is 11.5 Å². The van der Waals surface area contributed by atoms with Crippen LogP contribution in [0.3, 0.4) is 0 Å². The molecule has 5 nitrogen and oxygen atoms in total. The summed E-state index contributed by atoms with van der Waals surface area (Å²) in [5, 5.41) is 0. The number of benzene rings is 2. The number of fused-ring (bicyclic) bond motifs is 1. The molecule has 0 aromatic heterocycles. The van der Waals surface area contributed by atoms with E-state index in [1.54, 1.807) is 14.2 Å². The van der Waals surface area contributed by atoms with Crippen molar-refractivity contribution in [2.75, 3.05) is 27.8 Å². The Balaban J connectivity index is 1.88. The molecule has 0 amide bonds. The molecule has 0 saturated heterocycles. The van der Waals surface area contributed by atoms with E-state index in [1.807, 2.05) is 48.5 Å². The highest BCUT2D eigenvalue weighted by molar-refractivity contribution is 5.86. The highest BCUT2D eigenvalue weighted by Crippen LogP contribution is 2.35. The van der Waals surface area contributed by atoms with E-state index in [1.165, 1.54) is 0 Å². The molecule has 24 heavy (non-hydrogen) atoms. The van der Waals surface area contributed by atoms with Gasteiger partial charge in [0, 0.05) is 25.4 Å². The predicted molar refractivity (Wildman–Crippen MR) is 90.6 cm³/mol. The van der Waals surface area contributed by atoms with Gasteiger partial charge < -0.3 is 23.7 Å².